The van der Waals surface area contributed by atoms with E-state index in [4.69, 9.17) is 5.73 Å². The molecule has 0 aliphatic carbocycles. The van der Waals surface area contributed by atoms with Gasteiger partial charge in [0, 0.05) is 12.1 Å². The monoisotopic (exact) mass is 269 g/mol. The van der Waals surface area contributed by atoms with Gasteiger partial charge in [-0.25, -0.2) is 0 Å². The molecule has 0 spiro atoms. The van der Waals surface area contributed by atoms with Crippen molar-refractivity contribution in [1.29, 1.82) is 0 Å². The number of anilines is 2. The number of hydrogen-bond acceptors (Lipinski definition) is 3. The maximum absolute atomic E-state index is 12.3. The molecule has 1 aromatic carbocycles. The van der Waals surface area contributed by atoms with Gasteiger partial charge in [-0.15, -0.1) is 0 Å². The second kappa shape index (κ2) is 4.13. The SMILES string of the molecule is CC(C)(C)NS(=O)(=O)N1CCc2cccc(N)c21. The van der Waals surface area contributed by atoms with Crippen LogP contribution in [0.25, 0.3) is 0 Å². The minimum atomic E-state index is -3.55. The molecule has 1 aliphatic rings. The smallest absolute Gasteiger partial charge is 0.302 e. The topological polar surface area (TPSA) is 75.4 Å². The van der Waals surface area contributed by atoms with Crippen LogP contribution >= 0.6 is 0 Å². The first kappa shape index (κ1) is 13.2. The zero-order chi connectivity index (χ0) is 13.6. The summed E-state index contributed by atoms with van der Waals surface area (Å²) in [6.45, 7) is 5.89. The number of benzene rings is 1. The lowest BCUT2D eigenvalue weighted by molar-refractivity contribution is 0.489. The van der Waals surface area contributed by atoms with Crippen LogP contribution in [-0.2, 0) is 16.6 Å². The molecule has 0 saturated heterocycles. The van der Waals surface area contributed by atoms with E-state index in [2.05, 4.69) is 4.72 Å². The highest BCUT2D eigenvalue weighted by molar-refractivity contribution is 7.91. The molecule has 0 fully saturated rings. The van der Waals surface area contributed by atoms with Gasteiger partial charge in [0.25, 0.3) is 0 Å². The van der Waals surface area contributed by atoms with Gasteiger partial charge in [-0.05, 0) is 38.8 Å². The van der Waals surface area contributed by atoms with Crippen molar-refractivity contribution >= 4 is 21.6 Å². The van der Waals surface area contributed by atoms with Crippen LogP contribution in [-0.4, -0.2) is 20.5 Å². The highest BCUT2D eigenvalue weighted by Gasteiger charge is 2.33. The van der Waals surface area contributed by atoms with Crippen LogP contribution in [0.3, 0.4) is 0 Å². The molecule has 1 aromatic rings. The van der Waals surface area contributed by atoms with E-state index in [1.54, 1.807) is 6.07 Å². The number of fused-ring (bicyclic) bond motifs is 1. The van der Waals surface area contributed by atoms with Crippen molar-refractivity contribution in [1.82, 2.24) is 4.72 Å². The van der Waals surface area contributed by atoms with E-state index in [0.717, 1.165) is 5.56 Å². The molecule has 18 heavy (non-hydrogen) atoms. The van der Waals surface area contributed by atoms with Gasteiger partial charge in [0.15, 0.2) is 0 Å². The van der Waals surface area contributed by atoms with Crippen LogP contribution in [0.2, 0.25) is 0 Å². The second-order valence-electron chi connectivity index (χ2n) is 5.53. The summed E-state index contributed by atoms with van der Waals surface area (Å²) in [5.74, 6) is 0. The van der Waals surface area contributed by atoms with E-state index in [-0.39, 0.29) is 0 Å². The fourth-order valence-electron chi connectivity index (χ4n) is 2.13. The van der Waals surface area contributed by atoms with Crippen molar-refractivity contribution in [3.63, 3.8) is 0 Å². The number of rotatable bonds is 2. The Bertz CT molecular complexity index is 561. The van der Waals surface area contributed by atoms with Crippen LogP contribution in [0.4, 0.5) is 11.4 Å². The van der Waals surface area contributed by atoms with Crippen molar-refractivity contribution in [2.45, 2.75) is 32.7 Å². The molecular weight excluding hydrogens is 250 g/mol. The van der Waals surface area contributed by atoms with Crippen molar-refractivity contribution in [3.8, 4) is 0 Å². The van der Waals surface area contributed by atoms with Gasteiger partial charge < -0.3 is 5.73 Å². The van der Waals surface area contributed by atoms with Crippen molar-refractivity contribution in [2.24, 2.45) is 0 Å². The molecule has 0 aromatic heterocycles. The minimum absolute atomic E-state index is 0.439. The summed E-state index contributed by atoms with van der Waals surface area (Å²) >= 11 is 0. The van der Waals surface area contributed by atoms with E-state index in [0.29, 0.717) is 24.3 Å². The third kappa shape index (κ3) is 2.44. The first-order valence-electron chi connectivity index (χ1n) is 5.90. The van der Waals surface area contributed by atoms with Gasteiger partial charge >= 0.3 is 10.2 Å². The lowest BCUT2D eigenvalue weighted by atomic mass is 10.1. The summed E-state index contributed by atoms with van der Waals surface area (Å²) in [5, 5.41) is 0. The Morgan fingerprint density at radius 3 is 2.61 bits per heavy atom. The van der Waals surface area contributed by atoms with Crippen LogP contribution < -0.4 is 14.8 Å². The molecule has 0 bridgehead atoms. The summed E-state index contributed by atoms with van der Waals surface area (Å²) in [4.78, 5) is 0. The standard InChI is InChI=1S/C12H19N3O2S/c1-12(2,3)14-18(16,17)15-8-7-9-5-4-6-10(13)11(9)15/h4-6,14H,7-8,13H2,1-3H3. The molecule has 2 rings (SSSR count). The first-order valence-corrected chi connectivity index (χ1v) is 7.34. The number of nitrogen functional groups attached to an aromatic ring is 1. The summed E-state index contributed by atoms with van der Waals surface area (Å²) in [6, 6.07) is 5.49. The van der Waals surface area contributed by atoms with Gasteiger partial charge in [-0.1, -0.05) is 12.1 Å². The van der Waals surface area contributed by atoms with Gasteiger partial charge in [-0.3, -0.25) is 4.31 Å². The van der Waals surface area contributed by atoms with Crippen LogP contribution in [0, 0.1) is 0 Å². The number of para-hydroxylation sites is 1. The van der Waals surface area contributed by atoms with Gasteiger partial charge in [0.05, 0.1) is 11.4 Å². The third-order valence-electron chi connectivity index (χ3n) is 2.71. The zero-order valence-electron chi connectivity index (χ0n) is 10.9. The second-order valence-corrected chi connectivity index (χ2v) is 7.13. The molecule has 6 heteroatoms. The van der Waals surface area contributed by atoms with E-state index >= 15 is 0 Å². The Morgan fingerprint density at radius 2 is 2.00 bits per heavy atom. The van der Waals surface area contributed by atoms with Crippen molar-refractivity contribution in [3.05, 3.63) is 23.8 Å². The Kier molecular flexibility index (Phi) is 3.03. The molecular formula is C12H19N3O2S. The Morgan fingerprint density at radius 1 is 1.33 bits per heavy atom. The molecule has 1 aliphatic heterocycles. The molecule has 0 amide bonds. The molecule has 1 heterocycles. The maximum atomic E-state index is 12.3. The third-order valence-corrected chi connectivity index (χ3v) is 4.53. The van der Waals surface area contributed by atoms with E-state index < -0.39 is 15.7 Å². The zero-order valence-corrected chi connectivity index (χ0v) is 11.7. The summed E-state index contributed by atoms with van der Waals surface area (Å²) in [7, 11) is -3.55. The fraction of sp³-hybridized carbons (Fsp3) is 0.500. The van der Waals surface area contributed by atoms with Crippen LogP contribution in [0.15, 0.2) is 18.2 Å². The van der Waals surface area contributed by atoms with E-state index in [9.17, 15) is 8.42 Å². The average molecular weight is 269 g/mol. The fourth-order valence-corrected chi connectivity index (χ4v) is 3.81. The average Bonchev–Trinajstić information content (AvgIpc) is 2.59. The quantitative estimate of drug-likeness (QED) is 0.794. The van der Waals surface area contributed by atoms with Gasteiger partial charge in [0.2, 0.25) is 0 Å². The van der Waals surface area contributed by atoms with Crippen molar-refractivity contribution < 1.29 is 8.42 Å². The van der Waals surface area contributed by atoms with Crippen molar-refractivity contribution in [2.75, 3.05) is 16.6 Å². The van der Waals surface area contributed by atoms with Crippen LogP contribution in [0.1, 0.15) is 26.3 Å². The Labute approximate surface area is 108 Å². The summed E-state index contributed by atoms with van der Waals surface area (Å²) in [5.41, 5.74) is 7.48. The molecule has 0 radical (unpaired) electrons. The predicted molar refractivity (Wildman–Crippen MR) is 73.7 cm³/mol. The normalized spacial score (nSPS) is 15.8. The van der Waals surface area contributed by atoms with Crippen LogP contribution in [0.5, 0.6) is 0 Å². The summed E-state index contributed by atoms with van der Waals surface area (Å²) in [6.07, 6.45) is 0.700. The number of nitrogens with two attached hydrogens (primary N) is 1. The largest absolute Gasteiger partial charge is 0.397 e. The number of hydrogen-bond donors (Lipinski definition) is 2. The predicted octanol–water partition coefficient (Wildman–Crippen LogP) is 1.26. The van der Waals surface area contributed by atoms with E-state index in [1.807, 2.05) is 32.9 Å². The lowest BCUT2D eigenvalue weighted by Gasteiger charge is -2.27. The molecule has 0 atom stereocenters. The molecule has 5 nitrogen and oxygen atoms in total. The highest BCUT2D eigenvalue weighted by atomic mass is 32.2. The minimum Gasteiger partial charge on any atom is -0.397 e. The molecule has 0 saturated carbocycles. The van der Waals surface area contributed by atoms with Gasteiger partial charge in [0.1, 0.15) is 0 Å². The van der Waals surface area contributed by atoms with Gasteiger partial charge in [-0.2, -0.15) is 13.1 Å². The Balaban J connectivity index is 2.40. The number of nitrogens with one attached hydrogen (secondary N) is 1. The first-order chi connectivity index (χ1) is 8.21. The van der Waals surface area contributed by atoms with E-state index in [1.165, 1.54) is 4.31 Å². The molecule has 0 unspecified atom stereocenters. The molecule has 3 N–H and O–H groups in total. The number of nitrogens with zero attached hydrogens (tertiary/aromatic N) is 1. The lowest BCUT2D eigenvalue weighted by Crippen LogP contribution is -2.48. The highest BCUT2D eigenvalue weighted by Crippen LogP contribution is 2.35. The molecule has 100 valence electrons. The maximum Gasteiger partial charge on any atom is 0.302 e. The summed E-state index contributed by atoms with van der Waals surface area (Å²) < 4.78 is 28.7. The Hall–Kier alpha value is -1.27.